The highest BCUT2D eigenvalue weighted by Crippen LogP contribution is 2.32. The van der Waals surface area contributed by atoms with Crippen LogP contribution in [0.15, 0.2) is 34.2 Å². The van der Waals surface area contributed by atoms with E-state index < -0.39 is 0 Å². The molecule has 1 heterocycles. The molecule has 94 valence electrons. The molecule has 3 N–H and O–H groups in total. The van der Waals surface area contributed by atoms with Crippen molar-refractivity contribution in [2.45, 2.75) is 16.8 Å². The lowest BCUT2D eigenvalue weighted by Gasteiger charge is -2.06. The van der Waals surface area contributed by atoms with Gasteiger partial charge in [0.05, 0.1) is 11.3 Å². The van der Waals surface area contributed by atoms with E-state index in [1.54, 1.807) is 36.9 Å². The number of nitrogens with zero attached hydrogens (tertiary/aromatic N) is 2. The molecule has 0 saturated heterocycles. The van der Waals surface area contributed by atoms with Crippen molar-refractivity contribution in [1.82, 2.24) is 9.78 Å². The SMILES string of the molecule is Cc1nn(C)c(Sc2ccccc2F)c1C(=N)N. The molecule has 0 spiro atoms. The summed E-state index contributed by atoms with van der Waals surface area (Å²) in [5.74, 6) is -0.352. The summed E-state index contributed by atoms with van der Waals surface area (Å²) in [4.78, 5) is 0.489. The predicted molar refractivity (Wildman–Crippen MR) is 69.5 cm³/mol. The van der Waals surface area contributed by atoms with Crippen molar-refractivity contribution >= 4 is 17.6 Å². The van der Waals surface area contributed by atoms with E-state index in [4.69, 9.17) is 11.1 Å². The van der Waals surface area contributed by atoms with E-state index in [9.17, 15) is 4.39 Å². The van der Waals surface area contributed by atoms with E-state index in [0.717, 1.165) is 0 Å². The maximum atomic E-state index is 13.6. The lowest BCUT2D eigenvalue weighted by molar-refractivity contribution is 0.601. The first-order valence-corrected chi connectivity index (χ1v) is 6.12. The minimum Gasteiger partial charge on any atom is -0.384 e. The third-order valence-corrected chi connectivity index (χ3v) is 3.69. The van der Waals surface area contributed by atoms with Gasteiger partial charge in [-0.1, -0.05) is 23.9 Å². The first-order chi connectivity index (χ1) is 8.50. The highest BCUT2D eigenvalue weighted by Gasteiger charge is 2.17. The van der Waals surface area contributed by atoms with Gasteiger partial charge in [-0.15, -0.1) is 0 Å². The summed E-state index contributed by atoms with van der Waals surface area (Å²) in [6.07, 6.45) is 0. The van der Waals surface area contributed by atoms with Crippen molar-refractivity contribution < 1.29 is 4.39 Å². The molecule has 0 bridgehead atoms. The number of rotatable bonds is 3. The Labute approximate surface area is 109 Å². The number of halogens is 1. The Hall–Kier alpha value is -1.82. The Balaban J connectivity index is 2.47. The van der Waals surface area contributed by atoms with Crippen molar-refractivity contribution in [2.24, 2.45) is 12.8 Å². The van der Waals surface area contributed by atoms with Gasteiger partial charge >= 0.3 is 0 Å². The Kier molecular flexibility index (Phi) is 3.38. The first-order valence-electron chi connectivity index (χ1n) is 5.31. The quantitative estimate of drug-likeness (QED) is 0.660. The number of amidine groups is 1. The van der Waals surface area contributed by atoms with E-state index in [0.29, 0.717) is 21.2 Å². The number of hydrogen-bond acceptors (Lipinski definition) is 3. The standard InChI is InChI=1S/C12H13FN4S/c1-7-10(11(14)15)12(17(2)16-7)18-9-6-4-3-5-8(9)13/h3-6H,1-2H3,(H3,14,15). The number of aromatic nitrogens is 2. The van der Waals surface area contributed by atoms with E-state index in [2.05, 4.69) is 5.10 Å². The summed E-state index contributed by atoms with van der Waals surface area (Å²) in [7, 11) is 1.75. The molecule has 0 atom stereocenters. The number of hydrogen-bond donors (Lipinski definition) is 2. The zero-order valence-corrected chi connectivity index (χ0v) is 10.9. The van der Waals surface area contributed by atoms with E-state index in [-0.39, 0.29) is 11.7 Å². The molecule has 0 radical (unpaired) electrons. The van der Waals surface area contributed by atoms with Gasteiger partial charge in [-0.25, -0.2) is 4.39 Å². The molecule has 6 heteroatoms. The van der Waals surface area contributed by atoms with Gasteiger partial charge in [0, 0.05) is 11.9 Å². The zero-order chi connectivity index (χ0) is 13.3. The first kappa shape index (κ1) is 12.6. The molecule has 0 saturated carbocycles. The maximum absolute atomic E-state index is 13.6. The second-order valence-corrected chi connectivity index (χ2v) is 4.87. The third-order valence-electron chi connectivity index (χ3n) is 2.48. The van der Waals surface area contributed by atoms with Gasteiger partial charge in [-0.05, 0) is 19.1 Å². The van der Waals surface area contributed by atoms with Crippen molar-refractivity contribution in [3.63, 3.8) is 0 Å². The Morgan fingerprint density at radius 3 is 2.72 bits per heavy atom. The molecule has 2 aromatic rings. The molecule has 0 amide bonds. The number of nitrogen functional groups attached to an aromatic ring is 1. The molecule has 0 aliphatic carbocycles. The Morgan fingerprint density at radius 2 is 2.11 bits per heavy atom. The fourth-order valence-corrected chi connectivity index (χ4v) is 2.75. The van der Waals surface area contributed by atoms with Gasteiger partial charge in [0.25, 0.3) is 0 Å². The topological polar surface area (TPSA) is 67.7 Å². The number of aryl methyl sites for hydroxylation is 2. The molecule has 0 aliphatic heterocycles. The molecule has 0 unspecified atom stereocenters. The zero-order valence-electron chi connectivity index (χ0n) is 10.1. The second kappa shape index (κ2) is 4.81. The predicted octanol–water partition coefficient (Wildman–Crippen LogP) is 2.30. The highest BCUT2D eigenvalue weighted by atomic mass is 32.2. The minimum atomic E-state index is -0.296. The van der Waals surface area contributed by atoms with E-state index >= 15 is 0 Å². The largest absolute Gasteiger partial charge is 0.384 e. The van der Waals surface area contributed by atoms with Crippen molar-refractivity contribution in [3.8, 4) is 0 Å². The molecule has 18 heavy (non-hydrogen) atoms. The summed E-state index contributed by atoms with van der Waals surface area (Å²) in [5.41, 5.74) is 6.77. The van der Waals surface area contributed by atoms with Crippen LogP contribution in [0.1, 0.15) is 11.3 Å². The molecule has 1 aromatic heterocycles. The average molecular weight is 264 g/mol. The summed E-state index contributed by atoms with van der Waals surface area (Å²) >= 11 is 1.22. The monoisotopic (exact) mass is 264 g/mol. The number of nitrogens with two attached hydrogens (primary N) is 1. The normalized spacial score (nSPS) is 10.6. The summed E-state index contributed by atoms with van der Waals surface area (Å²) in [5, 5.41) is 12.4. The van der Waals surface area contributed by atoms with Gasteiger partial charge in [0.2, 0.25) is 0 Å². The van der Waals surface area contributed by atoms with Crippen molar-refractivity contribution in [1.29, 1.82) is 5.41 Å². The second-order valence-electron chi connectivity index (χ2n) is 3.84. The summed E-state index contributed by atoms with van der Waals surface area (Å²) in [6.45, 7) is 1.78. The van der Waals surface area contributed by atoms with Crippen LogP contribution in [0.25, 0.3) is 0 Å². The fourth-order valence-electron chi connectivity index (χ4n) is 1.70. The van der Waals surface area contributed by atoms with Crippen molar-refractivity contribution in [3.05, 3.63) is 41.3 Å². The van der Waals surface area contributed by atoms with Crippen LogP contribution in [0, 0.1) is 18.2 Å². The van der Waals surface area contributed by atoms with Gasteiger partial charge in [-0.2, -0.15) is 5.10 Å². The molecule has 4 nitrogen and oxygen atoms in total. The summed E-state index contributed by atoms with van der Waals surface area (Å²) in [6, 6.07) is 6.49. The molecule has 1 aromatic carbocycles. The molecule has 0 aliphatic rings. The molecule has 2 rings (SSSR count). The Bertz CT molecular complexity index is 606. The molecule has 0 fully saturated rings. The summed E-state index contributed by atoms with van der Waals surface area (Å²) < 4.78 is 15.2. The van der Waals surface area contributed by atoms with Crippen LogP contribution >= 0.6 is 11.8 Å². The van der Waals surface area contributed by atoms with Crippen LogP contribution in [0.4, 0.5) is 4.39 Å². The maximum Gasteiger partial charge on any atom is 0.137 e. The van der Waals surface area contributed by atoms with Gasteiger partial charge in [-0.3, -0.25) is 10.1 Å². The van der Waals surface area contributed by atoms with Crippen LogP contribution in [0.3, 0.4) is 0 Å². The van der Waals surface area contributed by atoms with Crippen molar-refractivity contribution in [2.75, 3.05) is 0 Å². The Morgan fingerprint density at radius 1 is 1.44 bits per heavy atom. The van der Waals surface area contributed by atoms with Gasteiger partial charge in [0.1, 0.15) is 16.7 Å². The number of nitrogens with one attached hydrogen (secondary N) is 1. The molecular formula is C12H13FN4S. The van der Waals surface area contributed by atoms with Crippen LogP contribution < -0.4 is 5.73 Å². The van der Waals surface area contributed by atoms with E-state index in [1.165, 1.54) is 17.8 Å². The van der Waals surface area contributed by atoms with Gasteiger partial charge < -0.3 is 5.73 Å². The smallest absolute Gasteiger partial charge is 0.137 e. The third kappa shape index (κ3) is 2.24. The van der Waals surface area contributed by atoms with Crippen LogP contribution in [-0.2, 0) is 7.05 Å². The van der Waals surface area contributed by atoms with E-state index in [1.807, 2.05) is 0 Å². The number of benzene rings is 1. The lowest BCUT2D eigenvalue weighted by Crippen LogP contribution is -2.13. The minimum absolute atomic E-state index is 0.0561. The fraction of sp³-hybridized carbons (Fsp3) is 0.167. The lowest BCUT2D eigenvalue weighted by atomic mass is 10.2. The van der Waals surface area contributed by atoms with Crippen LogP contribution in [-0.4, -0.2) is 15.6 Å². The van der Waals surface area contributed by atoms with Crippen LogP contribution in [0.5, 0.6) is 0 Å². The van der Waals surface area contributed by atoms with Gasteiger partial charge in [0.15, 0.2) is 0 Å². The molecular weight excluding hydrogens is 251 g/mol. The van der Waals surface area contributed by atoms with Crippen LogP contribution in [0.2, 0.25) is 0 Å². The highest BCUT2D eigenvalue weighted by molar-refractivity contribution is 7.99. The average Bonchev–Trinajstić information content (AvgIpc) is 2.57.